The Kier molecular flexibility index (Phi) is 3.78. The highest BCUT2D eigenvalue weighted by atomic mass is 35.5. The van der Waals surface area contributed by atoms with Gasteiger partial charge < -0.3 is 15.4 Å². The van der Waals surface area contributed by atoms with Crippen LogP contribution in [0.3, 0.4) is 0 Å². The van der Waals surface area contributed by atoms with Gasteiger partial charge in [0.05, 0.1) is 10.4 Å². The molecule has 1 atom stereocenters. The number of nitrogens with zero attached hydrogens (tertiary/aromatic N) is 2. The summed E-state index contributed by atoms with van der Waals surface area (Å²) >= 11 is 7.30. The second-order valence-electron chi connectivity index (χ2n) is 3.64. The van der Waals surface area contributed by atoms with Gasteiger partial charge in [-0.2, -0.15) is 0 Å². The molecule has 94 valence electrons. The predicted octanol–water partition coefficient (Wildman–Crippen LogP) is 3.88. The number of nitrogens with one attached hydrogen (secondary N) is 1. The van der Waals surface area contributed by atoms with E-state index in [4.69, 9.17) is 11.6 Å². The lowest BCUT2D eigenvalue weighted by molar-refractivity contribution is -0.388. The molecule has 7 heteroatoms. The topological polar surface area (TPSA) is 68.1 Å². The van der Waals surface area contributed by atoms with E-state index in [1.807, 2.05) is 13.0 Å². The number of aromatic nitrogens is 1. The summed E-state index contributed by atoms with van der Waals surface area (Å²) in [5.74, 6) is -0.174. The smallest absolute Gasteiger partial charge is 0.371 e. The number of nitro groups is 1. The van der Waals surface area contributed by atoms with Crippen molar-refractivity contribution in [2.45, 2.75) is 13.0 Å². The molecule has 5 nitrogen and oxygen atoms in total. The Labute approximate surface area is 113 Å². The van der Waals surface area contributed by atoms with Gasteiger partial charge in [-0.3, -0.25) is 0 Å². The van der Waals surface area contributed by atoms with Crippen LogP contribution in [-0.2, 0) is 0 Å². The van der Waals surface area contributed by atoms with Gasteiger partial charge >= 0.3 is 5.82 Å². The van der Waals surface area contributed by atoms with Crippen LogP contribution in [0.15, 0.2) is 30.5 Å². The molecule has 0 radical (unpaired) electrons. The zero-order valence-corrected chi connectivity index (χ0v) is 11.0. The summed E-state index contributed by atoms with van der Waals surface area (Å²) in [6.45, 7) is 1.92. The molecule has 0 aliphatic rings. The van der Waals surface area contributed by atoms with Crippen molar-refractivity contribution in [2.24, 2.45) is 0 Å². The fraction of sp³-hybridized carbons (Fsp3) is 0.182. The minimum atomic E-state index is -0.504. The maximum Gasteiger partial charge on any atom is 0.386 e. The van der Waals surface area contributed by atoms with E-state index in [2.05, 4.69) is 10.3 Å². The van der Waals surface area contributed by atoms with Gasteiger partial charge in [0.1, 0.15) is 11.9 Å². The highest BCUT2D eigenvalue weighted by molar-refractivity contribution is 7.16. The Morgan fingerprint density at radius 1 is 1.50 bits per heavy atom. The lowest BCUT2D eigenvalue weighted by atomic mass is 10.2. The Hall–Kier alpha value is -1.66. The number of thiophene rings is 1. The van der Waals surface area contributed by atoms with Gasteiger partial charge in [-0.05, 0) is 41.1 Å². The van der Waals surface area contributed by atoms with Crippen LogP contribution in [0.5, 0.6) is 0 Å². The van der Waals surface area contributed by atoms with Crippen molar-refractivity contribution in [1.29, 1.82) is 0 Å². The molecular formula is C11H10ClN3O2S. The molecule has 0 saturated carbocycles. The fourth-order valence-electron chi connectivity index (χ4n) is 1.52. The third kappa shape index (κ3) is 2.77. The molecule has 0 aliphatic carbocycles. The highest BCUT2D eigenvalue weighted by Gasteiger charge is 2.17. The van der Waals surface area contributed by atoms with E-state index in [0.717, 1.165) is 4.88 Å². The van der Waals surface area contributed by atoms with Crippen LogP contribution in [-0.4, -0.2) is 9.91 Å². The molecule has 0 aliphatic heterocycles. The molecule has 0 spiro atoms. The van der Waals surface area contributed by atoms with Crippen molar-refractivity contribution in [2.75, 3.05) is 5.32 Å². The van der Waals surface area contributed by atoms with Crippen molar-refractivity contribution < 1.29 is 4.92 Å². The van der Waals surface area contributed by atoms with Crippen LogP contribution in [0.4, 0.5) is 11.5 Å². The molecule has 0 fully saturated rings. The summed E-state index contributed by atoms with van der Waals surface area (Å²) in [5.41, 5.74) is 0.402. The fourth-order valence-corrected chi connectivity index (χ4v) is 2.58. The summed E-state index contributed by atoms with van der Waals surface area (Å²) in [6.07, 6.45) is 1.40. The van der Waals surface area contributed by atoms with Crippen LogP contribution in [0.1, 0.15) is 17.8 Å². The van der Waals surface area contributed by atoms with Gasteiger partial charge in [0.15, 0.2) is 0 Å². The first-order valence-electron chi connectivity index (χ1n) is 5.19. The van der Waals surface area contributed by atoms with Crippen molar-refractivity contribution >= 4 is 34.4 Å². The van der Waals surface area contributed by atoms with E-state index >= 15 is 0 Å². The second kappa shape index (κ2) is 5.32. The van der Waals surface area contributed by atoms with Gasteiger partial charge in [-0.25, -0.2) is 0 Å². The summed E-state index contributed by atoms with van der Waals surface area (Å²) in [4.78, 5) is 15.1. The van der Waals surface area contributed by atoms with Gasteiger partial charge in [0.2, 0.25) is 0 Å². The first kappa shape index (κ1) is 12.8. The number of anilines is 1. The maximum atomic E-state index is 10.8. The number of pyridine rings is 1. The molecule has 1 unspecified atom stereocenters. The Morgan fingerprint density at radius 3 is 2.89 bits per heavy atom. The van der Waals surface area contributed by atoms with E-state index in [1.165, 1.54) is 17.5 Å². The predicted molar refractivity (Wildman–Crippen MR) is 72.3 cm³/mol. The third-order valence-corrected chi connectivity index (χ3v) is 3.77. The van der Waals surface area contributed by atoms with Gasteiger partial charge in [0.25, 0.3) is 0 Å². The summed E-state index contributed by atoms with van der Waals surface area (Å²) in [6, 6.07) is 6.93. The van der Waals surface area contributed by atoms with E-state index in [0.29, 0.717) is 10.0 Å². The SMILES string of the molecule is CC(Nc1cccnc1[N+](=O)[O-])c1ccc(Cl)s1. The van der Waals surface area contributed by atoms with Gasteiger partial charge in [-0.1, -0.05) is 11.6 Å². The summed E-state index contributed by atoms with van der Waals surface area (Å²) in [5, 5.41) is 13.9. The van der Waals surface area contributed by atoms with Gasteiger partial charge in [0, 0.05) is 4.88 Å². The van der Waals surface area contributed by atoms with Crippen molar-refractivity contribution in [1.82, 2.24) is 4.98 Å². The zero-order chi connectivity index (χ0) is 13.1. The average molecular weight is 284 g/mol. The van der Waals surface area contributed by atoms with Crippen molar-refractivity contribution in [3.8, 4) is 0 Å². The molecule has 2 aromatic heterocycles. The second-order valence-corrected chi connectivity index (χ2v) is 5.39. The molecule has 0 aromatic carbocycles. The van der Waals surface area contributed by atoms with E-state index in [-0.39, 0.29) is 11.9 Å². The number of hydrogen-bond donors (Lipinski definition) is 1. The van der Waals surface area contributed by atoms with Crippen LogP contribution in [0, 0.1) is 10.1 Å². The summed E-state index contributed by atoms with van der Waals surface area (Å²) in [7, 11) is 0. The number of hydrogen-bond acceptors (Lipinski definition) is 5. The van der Waals surface area contributed by atoms with Crippen LogP contribution < -0.4 is 5.32 Å². The average Bonchev–Trinajstić information content (AvgIpc) is 2.76. The monoisotopic (exact) mass is 283 g/mol. The number of rotatable bonds is 4. The normalized spacial score (nSPS) is 12.1. The molecule has 1 N–H and O–H groups in total. The maximum absolute atomic E-state index is 10.8. The molecule has 18 heavy (non-hydrogen) atoms. The lowest BCUT2D eigenvalue weighted by Gasteiger charge is -2.12. The van der Waals surface area contributed by atoms with Crippen molar-refractivity contribution in [3.63, 3.8) is 0 Å². The Morgan fingerprint density at radius 2 is 2.28 bits per heavy atom. The quantitative estimate of drug-likeness (QED) is 0.683. The standard InChI is InChI=1S/C11H10ClN3O2S/c1-7(9-4-5-10(12)18-9)14-8-3-2-6-13-11(8)15(16)17/h2-7,14H,1H3. The van der Waals surface area contributed by atoms with E-state index in [1.54, 1.807) is 18.2 Å². The van der Waals surface area contributed by atoms with E-state index < -0.39 is 4.92 Å². The number of halogens is 1. The zero-order valence-electron chi connectivity index (χ0n) is 9.46. The molecule has 0 amide bonds. The minimum absolute atomic E-state index is 0.0644. The highest BCUT2D eigenvalue weighted by Crippen LogP contribution is 2.31. The molecule has 2 aromatic rings. The summed E-state index contributed by atoms with van der Waals surface area (Å²) < 4.78 is 0.694. The molecule has 0 saturated heterocycles. The minimum Gasteiger partial charge on any atom is -0.371 e. The lowest BCUT2D eigenvalue weighted by Crippen LogP contribution is -2.07. The van der Waals surface area contributed by atoms with E-state index in [9.17, 15) is 10.1 Å². The van der Waals surface area contributed by atoms with Crippen LogP contribution in [0.2, 0.25) is 4.34 Å². The van der Waals surface area contributed by atoms with Gasteiger partial charge in [-0.15, -0.1) is 11.3 Å². The molecule has 0 bridgehead atoms. The van der Waals surface area contributed by atoms with Crippen molar-refractivity contribution in [3.05, 3.63) is 49.8 Å². The largest absolute Gasteiger partial charge is 0.386 e. The first-order valence-corrected chi connectivity index (χ1v) is 6.38. The van der Waals surface area contributed by atoms with Crippen LogP contribution >= 0.6 is 22.9 Å². The molecular weight excluding hydrogens is 274 g/mol. The third-order valence-electron chi connectivity index (χ3n) is 2.35. The Balaban J connectivity index is 2.21. The molecule has 2 rings (SSSR count). The van der Waals surface area contributed by atoms with Crippen LogP contribution in [0.25, 0.3) is 0 Å². The first-order chi connectivity index (χ1) is 8.58. The Bertz CT molecular complexity index is 573. The molecule has 2 heterocycles.